The molecular formula is C20H31N3O4S. The summed E-state index contributed by atoms with van der Waals surface area (Å²) in [4.78, 5) is 14.2. The SMILES string of the molecule is CCNC(=O)N1CCC[C@H](NS(C)(=O)=O)[C@@H]1COC1CC(c2ccccc2)C1. The Morgan fingerprint density at radius 2 is 1.96 bits per heavy atom. The van der Waals surface area contributed by atoms with Crippen LogP contribution in [0.15, 0.2) is 30.3 Å². The van der Waals surface area contributed by atoms with Crippen molar-refractivity contribution in [3.63, 3.8) is 0 Å². The number of carbonyl (C=O) groups is 1. The van der Waals surface area contributed by atoms with Crippen molar-refractivity contribution in [1.82, 2.24) is 14.9 Å². The van der Waals surface area contributed by atoms with Crippen molar-refractivity contribution in [2.75, 3.05) is 26.0 Å². The fraction of sp³-hybridized carbons (Fsp3) is 0.650. The van der Waals surface area contributed by atoms with E-state index in [1.54, 1.807) is 4.90 Å². The first kappa shape index (κ1) is 21.1. The summed E-state index contributed by atoms with van der Waals surface area (Å²) in [5, 5.41) is 2.83. The van der Waals surface area contributed by atoms with Gasteiger partial charge >= 0.3 is 6.03 Å². The van der Waals surface area contributed by atoms with E-state index < -0.39 is 10.0 Å². The summed E-state index contributed by atoms with van der Waals surface area (Å²) in [6.45, 7) is 3.36. The first-order valence-corrected chi connectivity index (χ1v) is 11.9. The number of hydrogen-bond acceptors (Lipinski definition) is 4. The van der Waals surface area contributed by atoms with Gasteiger partial charge in [-0.3, -0.25) is 0 Å². The van der Waals surface area contributed by atoms with Crippen LogP contribution in [-0.2, 0) is 14.8 Å². The summed E-state index contributed by atoms with van der Waals surface area (Å²) in [5.41, 5.74) is 1.33. The second-order valence-corrected chi connectivity index (χ2v) is 9.55. The Morgan fingerprint density at radius 3 is 2.61 bits per heavy atom. The summed E-state index contributed by atoms with van der Waals surface area (Å²) < 4.78 is 32.4. The second kappa shape index (κ2) is 9.24. The number of amides is 2. The lowest BCUT2D eigenvalue weighted by atomic mass is 9.77. The summed E-state index contributed by atoms with van der Waals surface area (Å²) in [7, 11) is -3.36. The third-order valence-corrected chi connectivity index (χ3v) is 6.33. The van der Waals surface area contributed by atoms with E-state index in [2.05, 4.69) is 34.3 Å². The largest absolute Gasteiger partial charge is 0.376 e. The molecule has 2 atom stereocenters. The van der Waals surface area contributed by atoms with Gasteiger partial charge in [-0.2, -0.15) is 0 Å². The molecule has 3 rings (SSSR count). The Balaban J connectivity index is 1.60. The number of rotatable bonds is 7. The van der Waals surface area contributed by atoms with Gasteiger partial charge in [0.15, 0.2) is 0 Å². The maximum atomic E-state index is 12.5. The average molecular weight is 410 g/mol. The summed E-state index contributed by atoms with van der Waals surface area (Å²) in [6.07, 6.45) is 4.70. The molecule has 1 saturated heterocycles. The highest BCUT2D eigenvalue weighted by atomic mass is 32.2. The molecule has 0 bridgehead atoms. The van der Waals surface area contributed by atoms with Crippen LogP contribution in [0.1, 0.15) is 44.1 Å². The molecule has 1 aromatic rings. The van der Waals surface area contributed by atoms with Crippen molar-refractivity contribution >= 4 is 16.1 Å². The number of nitrogens with zero attached hydrogens (tertiary/aromatic N) is 1. The Hall–Kier alpha value is -1.64. The Kier molecular flexibility index (Phi) is 6.95. The maximum absolute atomic E-state index is 12.5. The Morgan fingerprint density at radius 1 is 1.25 bits per heavy atom. The first-order chi connectivity index (χ1) is 13.4. The minimum absolute atomic E-state index is 0.155. The maximum Gasteiger partial charge on any atom is 0.317 e. The zero-order chi connectivity index (χ0) is 20.1. The van der Waals surface area contributed by atoms with Crippen LogP contribution < -0.4 is 10.0 Å². The van der Waals surface area contributed by atoms with E-state index in [1.807, 2.05) is 13.0 Å². The number of urea groups is 1. The lowest BCUT2D eigenvalue weighted by Crippen LogP contribution is -2.60. The average Bonchev–Trinajstić information content (AvgIpc) is 2.61. The minimum atomic E-state index is -3.36. The van der Waals surface area contributed by atoms with E-state index in [4.69, 9.17) is 4.74 Å². The van der Waals surface area contributed by atoms with E-state index >= 15 is 0 Å². The normalized spacial score (nSPS) is 27.9. The van der Waals surface area contributed by atoms with E-state index in [0.717, 1.165) is 25.5 Å². The monoisotopic (exact) mass is 409 g/mol. The molecule has 7 nitrogen and oxygen atoms in total. The van der Waals surface area contributed by atoms with Gasteiger partial charge in [-0.25, -0.2) is 17.9 Å². The molecule has 1 aliphatic carbocycles. The molecule has 2 N–H and O–H groups in total. The number of benzene rings is 1. The first-order valence-electron chi connectivity index (χ1n) is 10.1. The highest BCUT2D eigenvalue weighted by Gasteiger charge is 2.38. The highest BCUT2D eigenvalue weighted by Crippen LogP contribution is 2.38. The van der Waals surface area contributed by atoms with Gasteiger partial charge in [-0.05, 0) is 44.1 Å². The van der Waals surface area contributed by atoms with E-state index in [0.29, 0.717) is 32.0 Å². The molecule has 0 radical (unpaired) electrons. The summed E-state index contributed by atoms with van der Waals surface area (Å²) in [5.74, 6) is 0.516. The van der Waals surface area contributed by atoms with Gasteiger partial charge in [-0.15, -0.1) is 0 Å². The van der Waals surface area contributed by atoms with Gasteiger partial charge in [0, 0.05) is 19.1 Å². The lowest BCUT2D eigenvalue weighted by molar-refractivity contribution is -0.0424. The minimum Gasteiger partial charge on any atom is -0.376 e. The van der Waals surface area contributed by atoms with Gasteiger partial charge in [0.25, 0.3) is 0 Å². The summed E-state index contributed by atoms with van der Waals surface area (Å²) in [6, 6.07) is 9.63. The Bertz CT molecular complexity index is 750. The van der Waals surface area contributed by atoms with Crippen LogP contribution in [0.25, 0.3) is 0 Å². The number of hydrogen-bond donors (Lipinski definition) is 2. The van der Waals surface area contributed by atoms with Crippen LogP contribution in [0.5, 0.6) is 0 Å². The predicted molar refractivity (Wildman–Crippen MR) is 109 cm³/mol. The molecular weight excluding hydrogens is 378 g/mol. The van der Waals surface area contributed by atoms with Crippen molar-refractivity contribution < 1.29 is 17.9 Å². The number of ether oxygens (including phenoxy) is 1. The molecule has 0 unspecified atom stereocenters. The third kappa shape index (κ3) is 5.46. The molecule has 1 heterocycles. The quantitative estimate of drug-likeness (QED) is 0.722. The fourth-order valence-corrected chi connectivity index (χ4v) is 4.94. The van der Waals surface area contributed by atoms with Gasteiger partial charge in [0.05, 0.1) is 25.0 Å². The van der Waals surface area contributed by atoms with Crippen LogP contribution in [0.3, 0.4) is 0 Å². The molecule has 1 aromatic carbocycles. The van der Waals surface area contributed by atoms with Crippen LogP contribution in [0.4, 0.5) is 4.79 Å². The van der Waals surface area contributed by atoms with E-state index in [-0.39, 0.29) is 24.2 Å². The molecule has 1 saturated carbocycles. The number of piperidine rings is 1. The number of likely N-dealkylation sites (tertiary alicyclic amines) is 1. The molecule has 0 spiro atoms. The predicted octanol–water partition coefficient (Wildman–Crippen LogP) is 2.06. The van der Waals surface area contributed by atoms with Crippen molar-refractivity contribution in [3.8, 4) is 0 Å². The molecule has 2 aliphatic rings. The van der Waals surface area contributed by atoms with Crippen LogP contribution >= 0.6 is 0 Å². The van der Waals surface area contributed by atoms with E-state index in [9.17, 15) is 13.2 Å². The second-order valence-electron chi connectivity index (χ2n) is 7.77. The van der Waals surface area contributed by atoms with Crippen molar-refractivity contribution in [3.05, 3.63) is 35.9 Å². The lowest BCUT2D eigenvalue weighted by Gasteiger charge is -2.43. The number of carbonyl (C=O) groups excluding carboxylic acids is 1. The van der Waals surface area contributed by atoms with Crippen LogP contribution in [0, 0.1) is 0 Å². The zero-order valence-corrected chi connectivity index (χ0v) is 17.5. The highest BCUT2D eigenvalue weighted by molar-refractivity contribution is 7.88. The van der Waals surface area contributed by atoms with Crippen LogP contribution in [-0.4, -0.2) is 63.5 Å². The molecule has 0 aromatic heterocycles. The smallest absolute Gasteiger partial charge is 0.317 e. The molecule has 1 aliphatic heterocycles. The number of sulfonamides is 1. The van der Waals surface area contributed by atoms with Crippen molar-refractivity contribution in [2.24, 2.45) is 0 Å². The molecule has 8 heteroatoms. The fourth-order valence-electron chi connectivity index (χ4n) is 4.11. The van der Waals surface area contributed by atoms with Gasteiger partial charge < -0.3 is 15.0 Å². The van der Waals surface area contributed by atoms with Gasteiger partial charge in [0.2, 0.25) is 10.0 Å². The zero-order valence-electron chi connectivity index (χ0n) is 16.6. The third-order valence-electron chi connectivity index (χ3n) is 5.60. The Labute approximate surface area is 167 Å². The van der Waals surface area contributed by atoms with Crippen LogP contribution in [0.2, 0.25) is 0 Å². The molecule has 28 heavy (non-hydrogen) atoms. The molecule has 156 valence electrons. The van der Waals surface area contributed by atoms with E-state index in [1.165, 1.54) is 5.56 Å². The standard InChI is InChI=1S/C20H31N3O4S/c1-3-21-20(24)23-11-7-10-18(22-28(2,25)26)19(23)14-27-17-12-16(13-17)15-8-5-4-6-9-15/h4-6,8-9,16-19,22H,3,7,10-14H2,1-2H3,(H,21,24)/t16?,17?,18-,19-/m0/s1. The van der Waals surface area contributed by atoms with Gasteiger partial charge in [-0.1, -0.05) is 30.3 Å². The van der Waals surface area contributed by atoms with Gasteiger partial charge in [0.1, 0.15) is 0 Å². The summed E-state index contributed by atoms with van der Waals surface area (Å²) >= 11 is 0. The van der Waals surface area contributed by atoms with Crippen molar-refractivity contribution in [1.29, 1.82) is 0 Å². The molecule has 2 amide bonds. The van der Waals surface area contributed by atoms with Crippen molar-refractivity contribution in [2.45, 2.75) is 56.7 Å². The molecule has 2 fully saturated rings. The topological polar surface area (TPSA) is 87.7 Å². The number of nitrogens with one attached hydrogen (secondary N) is 2.